The van der Waals surface area contributed by atoms with E-state index in [1.54, 1.807) is 0 Å². The molecule has 0 atom stereocenters. The van der Waals surface area contributed by atoms with Gasteiger partial charge in [0.2, 0.25) is 0 Å². The molecule has 2 aromatic heterocycles. The van der Waals surface area contributed by atoms with Crippen molar-refractivity contribution in [3.63, 3.8) is 0 Å². The molecule has 2 heterocycles. The number of carbonyl (C=O) groups excluding carboxylic acids is 1. The number of rotatable bonds is 2. The van der Waals surface area contributed by atoms with E-state index in [9.17, 15) is 4.79 Å². The Kier molecular flexibility index (Phi) is 2.46. The largest absolute Gasteiger partial charge is 0.303 e. The first-order valence-electron chi connectivity index (χ1n) is 6.23. The average Bonchev–Trinajstić information content (AvgIpc) is 2.97. The number of hydrogen-bond donors (Lipinski definition) is 0. The minimum Gasteiger partial charge on any atom is -0.303 e. The zero-order valence-electron chi connectivity index (χ0n) is 10.0. The molecular weight excluding hydrogens is 212 g/mol. The summed E-state index contributed by atoms with van der Waals surface area (Å²) in [6.45, 7) is 2.02. The second-order valence-electron chi connectivity index (χ2n) is 4.87. The Balaban J connectivity index is 2.16. The topological polar surface area (TPSA) is 34.4 Å². The van der Waals surface area contributed by atoms with Gasteiger partial charge in [0.05, 0.1) is 11.2 Å². The number of nitrogens with zero attached hydrogens (tertiary/aromatic N) is 2. The van der Waals surface area contributed by atoms with Gasteiger partial charge in [-0.15, -0.1) is 0 Å². The number of aryl methyl sites for hydroxylation is 1. The Bertz CT molecular complexity index is 565. The third kappa shape index (κ3) is 1.66. The van der Waals surface area contributed by atoms with Gasteiger partial charge in [-0.1, -0.05) is 12.8 Å². The molecule has 1 aliphatic rings. The summed E-state index contributed by atoms with van der Waals surface area (Å²) in [5.74, 6) is 1.77. The number of carbonyl (C=O) groups is 1. The van der Waals surface area contributed by atoms with Crippen LogP contribution < -0.4 is 0 Å². The number of fused-ring (bicyclic) bond motifs is 1. The van der Waals surface area contributed by atoms with Gasteiger partial charge in [-0.2, -0.15) is 0 Å². The highest BCUT2D eigenvalue weighted by Crippen LogP contribution is 2.34. The molecule has 0 radical (unpaired) electrons. The maximum absolute atomic E-state index is 10.8. The third-order valence-corrected chi connectivity index (χ3v) is 3.74. The zero-order chi connectivity index (χ0) is 11.8. The summed E-state index contributed by atoms with van der Waals surface area (Å²) in [6, 6.07) is 3.79. The molecule has 0 N–H and O–H groups in total. The highest BCUT2D eigenvalue weighted by molar-refractivity contribution is 5.77. The van der Waals surface area contributed by atoms with Gasteiger partial charge < -0.3 is 4.40 Å². The van der Waals surface area contributed by atoms with Crippen LogP contribution in [0.2, 0.25) is 0 Å². The quantitative estimate of drug-likeness (QED) is 0.740. The van der Waals surface area contributed by atoms with Gasteiger partial charge in [0, 0.05) is 17.7 Å². The zero-order valence-corrected chi connectivity index (χ0v) is 10.0. The number of hydrogen-bond acceptors (Lipinski definition) is 2. The monoisotopic (exact) mass is 228 g/mol. The van der Waals surface area contributed by atoms with Crippen molar-refractivity contribution in [3.8, 4) is 0 Å². The van der Waals surface area contributed by atoms with E-state index < -0.39 is 0 Å². The van der Waals surface area contributed by atoms with E-state index in [2.05, 4.69) is 4.40 Å². The lowest BCUT2D eigenvalue weighted by molar-refractivity contribution is 0.112. The summed E-state index contributed by atoms with van der Waals surface area (Å²) in [4.78, 5) is 15.5. The van der Waals surface area contributed by atoms with Crippen molar-refractivity contribution < 1.29 is 4.79 Å². The Morgan fingerprint density at radius 2 is 2.18 bits per heavy atom. The molecule has 0 amide bonds. The van der Waals surface area contributed by atoms with Crippen molar-refractivity contribution in [2.75, 3.05) is 0 Å². The second kappa shape index (κ2) is 3.99. The number of aromatic nitrogens is 2. The normalized spacial score (nSPS) is 16.8. The molecule has 3 nitrogen and oxygen atoms in total. The molecule has 0 saturated heterocycles. The minimum atomic E-state index is 0.596. The fourth-order valence-electron chi connectivity index (χ4n) is 2.82. The van der Waals surface area contributed by atoms with Crippen LogP contribution in [0.3, 0.4) is 0 Å². The fraction of sp³-hybridized carbons (Fsp3) is 0.429. The summed E-state index contributed by atoms with van der Waals surface area (Å²) in [7, 11) is 0. The van der Waals surface area contributed by atoms with Gasteiger partial charge in [-0.25, -0.2) is 4.98 Å². The van der Waals surface area contributed by atoms with Crippen molar-refractivity contribution in [2.45, 2.75) is 38.5 Å². The van der Waals surface area contributed by atoms with Crippen molar-refractivity contribution in [3.05, 3.63) is 35.4 Å². The average molecular weight is 228 g/mol. The number of imidazole rings is 1. The summed E-state index contributed by atoms with van der Waals surface area (Å²) in [6.07, 6.45) is 7.98. The highest BCUT2D eigenvalue weighted by Gasteiger charge is 2.22. The van der Waals surface area contributed by atoms with E-state index in [-0.39, 0.29) is 0 Å². The standard InChI is InChI=1S/C14H16N2O/c1-10-13-8-11(9-17)6-7-16(13)14(15-10)12-4-2-3-5-12/h6-9,12H,2-5H2,1H3. The maximum Gasteiger partial charge on any atom is 0.150 e. The predicted molar refractivity (Wildman–Crippen MR) is 66.5 cm³/mol. The molecule has 17 heavy (non-hydrogen) atoms. The predicted octanol–water partition coefficient (Wildman–Crippen LogP) is 3.11. The van der Waals surface area contributed by atoms with Gasteiger partial charge in [0.25, 0.3) is 0 Å². The maximum atomic E-state index is 10.8. The van der Waals surface area contributed by atoms with E-state index >= 15 is 0 Å². The molecule has 3 rings (SSSR count). The van der Waals surface area contributed by atoms with E-state index in [1.165, 1.54) is 31.5 Å². The summed E-state index contributed by atoms with van der Waals surface area (Å²) >= 11 is 0. The Morgan fingerprint density at radius 3 is 2.88 bits per heavy atom. The third-order valence-electron chi connectivity index (χ3n) is 3.74. The molecule has 0 unspecified atom stereocenters. The van der Waals surface area contributed by atoms with Crippen LogP contribution in [0.1, 0.15) is 53.5 Å². The van der Waals surface area contributed by atoms with E-state index in [0.717, 1.165) is 23.1 Å². The van der Waals surface area contributed by atoms with Crippen molar-refractivity contribution in [2.24, 2.45) is 0 Å². The van der Waals surface area contributed by atoms with Crippen molar-refractivity contribution >= 4 is 11.8 Å². The second-order valence-corrected chi connectivity index (χ2v) is 4.87. The fourth-order valence-corrected chi connectivity index (χ4v) is 2.82. The lowest BCUT2D eigenvalue weighted by atomic mass is 10.1. The van der Waals surface area contributed by atoms with Crippen LogP contribution in [-0.4, -0.2) is 15.7 Å². The van der Waals surface area contributed by atoms with Crippen LogP contribution in [0.4, 0.5) is 0 Å². The van der Waals surface area contributed by atoms with Crippen LogP contribution in [-0.2, 0) is 0 Å². The first-order chi connectivity index (χ1) is 8.29. The van der Waals surface area contributed by atoms with E-state index in [0.29, 0.717) is 5.92 Å². The molecule has 0 aliphatic heterocycles. The molecule has 1 aliphatic carbocycles. The molecule has 0 aromatic carbocycles. The summed E-state index contributed by atoms with van der Waals surface area (Å²) < 4.78 is 2.15. The van der Waals surface area contributed by atoms with Gasteiger partial charge in [0.1, 0.15) is 12.1 Å². The van der Waals surface area contributed by atoms with Crippen LogP contribution in [0.15, 0.2) is 18.3 Å². The SMILES string of the molecule is Cc1nc(C2CCCC2)n2ccc(C=O)cc12. The molecular formula is C14H16N2O. The van der Waals surface area contributed by atoms with E-state index in [4.69, 9.17) is 4.98 Å². The van der Waals surface area contributed by atoms with Crippen molar-refractivity contribution in [1.82, 2.24) is 9.38 Å². The Labute approximate surface area is 100 Å². The lowest BCUT2D eigenvalue weighted by Gasteiger charge is -2.07. The molecule has 2 aromatic rings. The number of pyridine rings is 1. The van der Waals surface area contributed by atoms with Crippen LogP contribution in [0.25, 0.3) is 5.52 Å². The molecule has 88 valence electrons. The summed E-state index contributed by atoms with van der Waals surface area (Å²) in [5.41, 5.74) is 2.81. The van der Waals surface area contributed by atoms with Gasteiger partial charge in [-0.3, -0.25) is 4.79 Å². The Morgan fingerprint density at radius 1 is 1.41 bits per heavy atom. The molecule has 3 heteroatoms. The van der Waals surface area contributed by atoms with Crippen LogP contribution in [0.5, 0.6) is 0 Å². The van der Waals surface area contributed by atoms with E-state index in [1.807, 2.05) is 25.3 Å². The number of aldehydes is 1. The van der Waals surface area contributed by atoms with Crippen molar-refractivity contribution in [1.29, 1.82) is 0 Å². The molecule has 0 spiro atoms. The molecule has 0 bridgehead atoms. The molecule has 1 fully saturated rings. The minimum absolute atomic E-state index is 0.596. The van der Waals surface area contributed by atoms with Gasteiger partial charge in [-0.05, 0) is 31.9 Å². The lowest BCUT2D eigenvalue weighted by Crippen LogP contribution is -2.00. The summed E-state index contributed by atoms with van der Waals surface area (Å²) in [5, 5.41) is 0. The van der Waals surface area contributed by atoms with Gasteiger partial charge >= 0.3 is 0 Å². The Hall–Kier alpha value is -1.64. The molecule has 1 saturated carbocycles. The van der Waals surface area contributed by atoms with Crippen LogP contribution in [0, 0.1) is 6.92 Å². The van der Waals surface area contributed by atoms with Gasteiger partial charge in [0.15, 0.2) is 0 Å². The first kappa shape index (κ1) is 10.5. The van der Waals surface area contributed by atoms with Crippen LogP contribution >= 0.6 is 0 Å². The smallest absolute Gasteiger partial charge is 0.150 e. The highest BCUT2D eigenvalue weighted by atomic mass is 16.1. The first-order valence-corrected chi connectivity index (χ1v) is 6.23.